The molecule has 1 heterocycles. The number of fused-ring (bicyclic) bond motifs is 1. The van der Waals surface area contributed by atoms with Gasteiger partial charge in [0.1, 0.15) is 5.01 Å². The van der Waals surface area contributed by atoms with Crippen LogP contribution in [0.2, 0.25) is 5.02 Å². The molecule has 0 unspecified atom stereocenters. The molecule has 0 aliphatic rings. The average Bonchev–Trinajstić information content (AvgIpc) is 2.97. The topological polar surface area (TPSA) is 33.2 Å². The van der Waals surface area contributed by atoms with Crippen LogP contribution in [-0.4, -0.2) is 28.6 Å². The van der Waals surface area contributed by atoms with Gasteiger partial charge in [-0.05, 0) is 29.8 Å². The lowest BCUT2D eigenvalue weighted by atomic mass is 10.2. The summed E-state index contributed by atoms with van der Waals surface area (Å²) in [6.45, 7) is 0.571. The summed E-state index contributed by atoms with van der Waals surface area (Å²) in [6, 6.07) is 15.7. The van der Waals surface area contributed by atoms with E-state index in [0.717, 1.165) is 21.8 Å². The number of amides is 1. The fourth-order valence-corrected chi connectivity index (χ4v) is 4.51. The van der Waals surface area contributed by atoms with E-state index in [-0.39, 0.29) is 5.91 Å². The number of thioether (sulfide) groups is 1. The van der Waals surface area contributed by atoms with E-state index in [9.17, 15) is 4.79 Å². The van der Waals surface area contributed by atoms with Gasteiger partial charge in [-0.2, -0.15) is 0 Å². The molecule has 3 rings (SSSR count). The molecule has 0 atom stereocenters. The Labute approximate surface area is 154 Å². The van der Waals surface area contributed by atoms with Gasteiger partial charge in [0.15, 0.2) is 0 Å². The minimum Gasteiger partial charge on any atom is -0.341 e. The number of nitrogens with zero attached hydrogens (tertiary/aromatic N) is 2. The number of carbonyl (C=O) groups excluding carboxylic acids is 1. The lowest BCUT2D eigenvalue weighted by Crippen LogP contribution is -2.27. The first kappa shape index (κ1) is 17.3. The molecule has 1 aromatic heterocycles. The molecule has 3 aromatic rings. The van der Waals surface area contributed by atoms with Crippen LogP contribution in [0.4, 0.5) is 0 Å². The van der Waals surface area contributed by atoms with Crippen LogP contribution in [0.15, 0.2) is 48.5 Å². The van der Waals surface area contributed by atoms with Gasteiger partial charge >= 0.3 is 0 Å². The summed E-state index contributed by atoms with van der Waals surface area (Å²) in [6.07, 6.45) is 0. The van der Waals surface area contributed by atoms with E-state index in [0.29, 0.717) is 17.3 Å². The van der Waals surface area contributed by atoms with Gasteiger partial charge in [-0.1, -0.05) is 35.9 Å². The molecule has 0 aliphatic carbocycles. The van der Waals surface area contributed by atoms with Crippen LogP contribution in [0.1, 0.15) is 10.6 Å². The molecule has 0 saturated carbocycles. The normalized spacial score (nSPS) is 10.9. The molecule has 2 aromatic carbocycles. The summed E-state index contributed by atoms with van der Waals surface area (Å²) < 4.78 is 1.19. The number of halogens is 1. The smallest absolute Gasteiger partial charge is 0.232 e. The Hall–Kier alpha value is -1.56. The fraction of sp³-hybridized carbons (Fsp3) is 0.222. The van der Waals surface area contributed by atoms with Crippen molar-refractivity contribution in [2.45, 2.75) is 12.3 Å². The minimum absolute atomic E-state index is 0.112. The van der Waals surface area contributed by atoms with Crippen molar-refractivity contribution in [2.24, 2.45) is 0 Å². The summed E-state index contributed by atoms with van der Waals surface area (Å²) in [4.78, 5) is 18.6. The largest absolute Gasteiger partial charge is 0.341 e. The summed E-state index contributed by atoms with van der Waals surface area (Å²) in [5, 5.41) is 1.75. The zero-order valence-electron chi connectivity index (χ0n) is 13.2. The molecule has 124 valence electrons. The van der Waals surface area contributed by atoms with Gasteiger partial charge in [0, 0.05) is 24.4 Å². The first-order valence-electron chi connectivity index (χ1n) is 7.52. The summed E-state index contributed by atoms with van der Waals surface area (Å²) in [5.41, 5.74) is 2.07. The van der Waals surface area contributed by atoms with Gasteiger partial charge in [0.05, 0.1) is 16.0 Å². The second-order valence-electron chi connectivity index (χ2n) is 5.45. The van der Waals surface area contributed by atoms with Crippen LogP contribution in [0.25, 0.3) is 10.2 Å². The summed E-state index contributed by atoms with van der Waals surface area (Å²) >= 11 is 9.27. The van der Waals surface area contributed by atoms with Crippen molar-refractivity contribution in [3.8, 4) is 0 Å². The van der Waals surface area contributed by atoms with Crippen molar-refractivity contribution in [2.75, 3.05) is 12.8 Å². The highest BCUT2D eigenvalue weighted by Gasteiger charge is 2.11. The molecule has 0 N–H and O–H groups in total. The predicted octanol–water partition coefficient (Wildman–Crippen LogP) is 4.84. The van der Waals surface area contributed by atoms with E-state index in [2.05, 4.69) is 11.1 Å². The molecule has 6 heteroatoms. The van der Waals surface area contributed by atoms with Crippen LogP contribution in [0.5, 0.6) is 0 Å². The van der Waals surface area contributed by atoms with Crippen LogP contribution in [0, 0.1) is 0 Å². The average molecular weight is 377 g/mol. The van der Waals surface area contributed by atoms with E-state index in [4.69, 9.17) is 11.6 Å². The number of aromatic nitrogens is 1. The van der Waals surface area contributed by atoms with E-state index in [1.165, 1.54) is 4.70 Å². The van der Waals surface area contributed by atoms with Crippen molar-refractivity contribution in [3.05, 3.63) is 64.1 Å². The van der Waals surface area contributed by atoms with Gasteiger partial charge in [0.25, 0.3) is 0 Å². The van der Waals surface area contributed by atoms with Gasteiger partial charge in [-0.25, -0.2) is 4.98 Å². The number of benzene rings is 2. The second kappa shape index (κ2) is 8.01. The molecule has 3 nitrogen and oxygen atoms in total. The third-order valence-electron chi connectivity index (χ3n) is 3.52. The number of hydrogen-bond donors (Lipinski definition) is 0. The van der Waals surface area contributed by atoms with Crippen molar-refractivity contribution in [1.82, 2.24) is 9.88 Å². The van der Waals surface area contributed by atoms with Crippen molar-refractivity contribution < 1.29 is 4.79 Å². The van der Waals surface area contributed by atoms with Crippen LogP contribution >= 0.6 is 34.7 Å². The quantitative estimate of drug-likeness (QED) is 0.617. The standard InChI is InChI=1S/C18H17ClN2OS2/c1-21(10-13-5-4-6-14(19)9-13)18(22)12-23-11-17-20-15-7-2-3-8-16(15)24-17/h2-9H,10-12H2,1H3. The number of rotatable bonds is 6. The Morgan fingerprint density at radius 1 is 1.25 bits per heavy atom. The molecule has 0 radical (unpaired) electrons. The molecule has 0 saturated heterocycles. The van der Waals surface area contributed by atoms with Gasteiger partial charge < -0.3 is 4.90 Å². The van der Waals surface area contributed by atoms with Gasteiger partial charge in [-0.3, -0.25) is 4.79 Å². The summed E-state index contributed by atoms with van der Waals surface area (Å²) in [5.74, 6) is 1.32. The maximum absolute atomic E-state index is 12.2. The molecular formula is C18H17ClN2OS2. The first-order chi connectivity index (χ1) is 11.6. The summed E-state index contributed by atoms with van der Waals surface area (Å²) in [7, 11) is 1.82. The zero-order valence-corrected chi connectivity index (χ0v) is 15.6. The Morgan fingerprint density at radius 2 is 2.08 bits per heavy atom. The third kappa shape index (κ3) is 4.50. The SMILES string of the molecule is CN(Cc1cccc(Cl)c1)C(=O)CSCc1nc2ccccc2s1. The first-order valence-corrected chi connectivity index (χ1v) is 9.87. The lowest BCUT2D eigenvalue weighted by Gasteiger charge is -2.17. The zero-order chi connectivity index (χ0) is 16.9. The van der Waals surface area contributed by atoms with Crippen LogP contribution < -0.4 is 0 Å². The fourth-order valence-electron chi connectivity index (χ4n) is 2.31. The molecule has 0 bridgehead atoms. The lowest BCUT2D eigenvalue weighted by molar-refractivity contribution is -0.127. The van der Waals surface area contributed by atoms with Gasteiger partial charge in [-0.15, -0.1) is 23.1 Å². The minimum atomic E-state index is 0.112. The van der Waals surface area contributed by atoms with E-state index < -0.39 is 0 Å². The maximum atomic E-state index is 12.2. The number of thiazole rings is 1. The molecule has 0 aliphatic heterocycles. The highest BCUT2D eigenvalue weighted by molar-refractivity contribution is 7.99. The molecule has 0 fully saturated rings. The second-order valence-corrected chi connectivity index (χ2v) is 7.99. The van der Waals surface area contributed by atoms with E-state index >= 15 is 0 Å². The van der Waals surface area contributed by atoms with E-state index in [1.807, 2.05) is 49.5 Å². The third-order valence-corrected chi connectivity index (χ3v) is 5.91. The Morgan fingerprint density at radius 3 is 2.88 bits per heavy atom. The molecule has 0 spiro atoms. The van der Waals surface area contributed by atoms with Crippen LogP contribution in [-0.2, 0) is 17.1 Å². The van der Waals surface area contributed by atoms with Crippen molar-refractivity contribution in [1.29, 1.82) is 0 Å². The van der Waals surface area contributed by atoms with Crippen LogP contribution in [0.3, 0.4) is 0 Å². The molecular weight excluding hydrogens is 360 g/mol. The monoisotopic (exact) mass is 376 g/mol. The maximum Gasteiger partial charge on any atom is 0.232 e. The Bertz CT molecular complexity index is 817. The van der Waals surface area contributed by atoms with E-state index in [1.54, 1.807) is 28.0 Å². The number of hydrogen-bond acceptors (Lipinski definition) is 4. The number of para-hydroxylation sites is 1. The predicted molar refractivity (Wildman–Crippen MR) is 104 cm³/mol. The Balaban J connectivity index is 1.49. The highest BCUT2D eigenvalue weighted by atomic mass is 35.5. The molecule has 24 heavy (non-hydrogen) atoms. The van der Waals surface area contributed by atoms with Crippen molar-refractivity contribution >= 4 is 50.8 Å². The number of carbonyl (C=O) groups is 1. The molecule has 1 amide bonds. The highest BCUT2D eigenvalue weighted by Crippen LogP contribution is 2.24. The Kier molecular flexibility index (Phi) is 5.76. The van der Waals surface area contributed by atoms with Crippen molar-refractivity contribution in [3.63, 3.8) is 0 Å². The van der Waals surface area contributed by atoms with Gasteiger partial charge in [0.2, 0.25) is 5.91 Å².